The average Bonchev–Trinajstić information content (AvgIpc) is 2.15. The number of nitrogens with one attached hydrogen (secondary N) is 1. The fraction of sp³-hybridized carbons (Fsp3) is 1.00. The quantitative estimate of drug-likeness (QED) is 0.738. The number of halogens is 3. The second kappa shape index (κ2) is 7.20. The Balaban J connectivity index is 3.64. The van der Waals surface area contributed by atoms with Crippen LogP contribution in [0.3, 0.4) is 0 Å². The van der Waals surface area contributed by atoms with Crippen molar-refractivity contribution in [3.05, 3.63) is 0 Å². The zero-order chi connectivity index (χ0) is 13.5. The van der Waals surface area contributed by atoms with Crippen molar-refractivity contribution < 1.29 is 21.6 Å². The van der Waals surface area contributed by atoms with Gasteiger partial charge in [0.2, 0.25) is 0 Å². The normalized spacial score (nSPS) is 14.9. The van der Waals surface area contributed by atoms with Crippen molar-refractivity contribution in [1.29, 1.82) is 0 Å². The van der Waals surface area contributed by atoms with E-state index < -0.39 is 22.4 Å². The third-order valence-electron chi connectivity index (χ3n) is 2.44. The molecule has 0 spiro atoms. The van der Waals surface area contributed by atoms with E-state index in [1.54, 1.807) is 13.8 Å². The molecule has 0 heterocycles. The molecular weight excluding hydrogens is 255 g/mol. The van der Waals surface area contributed by atoms with E-state index in [1.165, 1.54) is 0 Å². The summed E-state index contributed by atoms with van der Waals surface area (Å²) in [5.41, 5.74) is 0. The van der Waals surface area contributed by atoms with Crippen LogP contribution in [0.15, 0.2) is 0 Å². The van der Waals surface area contributed by atoms with Gasteiger partial charge in [-0.25, -0.2) is 8.42 Å². The van der Waals surface area contributed by atoms with E-state index >= 15 is 0 Å². The molecule has 0 bridgehead atoms. The first-order valence-electron chi connectivity index (χ1n) is 5.67. The van der Waals surface area contributed by atoms with Gasteiger partial charge in [-0.1, -0.05) is 6.92 Å². The highest BCUT2D eigenvalue weighted by molar-refractivity contribution is 7.91. The Morgan fingerprint density at radius 3 is 2.35 bits per heavy atom. The van der Waals surface area contributed by atoms with Crippen LogP contribution in [0.5, 0.6) is 0 Å². The lowest BCUT2D eigenvalue weighted by Gasteiger charge is -2.14. The summed E-state index contributed by atoms with van der Waals surface area (Å²) in [6.07, 6.45) is -4.43. The van der Waals surface area contributed by atoms with E-state index in [2.05, 4.69) is 5.32 Å². The summed E-state index contributed by atoms with van der Waals surface area (Å²) in [6, 6.07) is -0.0931. The number of alkyl halides is 3. The van der Waals surface area contributed by atoms with Crippen LogP contribution < -0.4 is 5.32 Å². The SMILES string of the molecule is CCS(=O)(=O)CCNC(C)CCCC(F)(F)F. The predicted octanol–water partition coefficient (Wildman–Crippen LogP) is 2.13. The first-order valence-corrected chi connectivity index (χ1v) is 7.49. The highest BCUT2D eigenvalue weighted by Gasteiger charge is 2.26. The van der Waals surface area contributed by atoms with E-state index in [9.17, 15) is 21.6 Å². The van der Waals surface area contributed by atoms with Crippen molar-refractivity contribution in [1.82, 2.24) is 5.32 Å². The lowest BCUT2D eigenvalue weighted by atomic mass is 10.1. The van der Waals surface area contributed by atoms with Crippen molar-refractivity contribution in [2.45, 2.75) is 45.3 Å². The van der Waals surface area contributed by atoms with Crippen LogP contribution in [-0.2, 0) is 9.84 Å². The summed E-state index contributed by atoms with van der Waals surface area (Å²) in [6.45, 7) is 3.63. The van der Waals surface area contributed by atoms with Crippen molar-refractivity contribution in [2.24, 2.45) is 0 Å². The Bertz CT molecular complexity index is 301. The van der Waals surface area contributed by atoms with E-state index in [0.717, 1.165) is 0 Å². The molecule has 0 aromatic rings. The summed E-state index contributed by atoms with van der Waals surface area (Å²) in [4.78, 5) is 0. The molecule has 0 saturated carbocycles. The third-order valence-corrected chi connectivity index (χ3v) is 4.15. The maximum atomic E-state index is 11.9. The molecule has 1 atom stereocenters. The van der Waals surface area contributed by atoms with Gasteiger partial charge in [0.25, 0.3) is 0 Å². The van der Waals surface area contributed by atoms with Crippen molar-refractivity contribution >= 4 is 9.84 Å². The molecule has 0 aliphatic carbocycles. The minimum Gasteiger partial charge on any atom is -0.313 e. The van der Waals surface area contributed by atoms with Crippen LogP contribution in [0.1, 0.15) is 33.1 Å². The van der Waals surface area contributed by atoms with Crippen LogP contribution in [0.25, 0.3) is 0 Å². The molecule has 0 saturated heterocycles. The molecule has 7 heteroatoms. The Labute approximate surface area is 101 Å². The van der Waals surface area contributed by atoms with Crippen molar-refractivity contribution in [3.8, 4) is 0 Å². The summed E-state index contributed by atoms with van der Waals surface area (Å²) in [5.74, 6) is 0.129. The highest BCUT2D eigenvalue weighted by Crippen LogP contribution is 2.22. The van der Waals surface area contributed by atoms with Crippen LogP contribution >= 0.6 is 0 Å². The molecular formula is C10H20F3NO2S. The van der Waals surface area contributed by atoms with Crippen LogP contribution in [0.4, 0.5) is 13.2 Å². The first-order chi connectivity index (χ1) is 7.66. The largest absolute Gasteiger partial charge is 0.389 e. The molecule has 104 valence electrons. The van der Waals surface area contributed by atoms with Gasteiger partial charge in [0.15, 0.2) is 9.84 Å². The highest BCUT2D eigenvalue weighted by atomic mass is 32.2. The number of hydrogen-bond donors (Lipinski definition) is 1. The van der Waals surface area contributed by atoms with Gasteiger partial charge in [0.05, 0.1) is 5.75 Å². The number of rotatable bonds is 8. The van der Waals surface area contributed by atoms with Gasteiger partial charge in [0, 0.05) is 24.8 Å². The van der Waals surface area contributed by atoms with Gasteiger partial charge < -0.3 is 5.32 Å². The summed E-state index contributed by atoms with van der Waals surface area (Å²) in [5, 5.41) is 2.91. The van der Waals surface area contributed by atoms with Gasteiger partial charge in [-0.2, -0.15) is 13.2 Å². The standard InChI is InChI=1S/C10H20F3NO2S/c1-3-17(15,16)8-7-14-9(2)5-4-6-10(11,12)13/h9,14H,3-8H2,1-2H3. The molecule has 3 nitrogen and oxygen atoms in total. The second-order valence-corrected chi connectivity index (χ2v) is 6.57. The van der Waals surface area contributed by atoms with Gasteiger partial charge in [-0.05, 0) is 19.8 Å². The molecule has 1 unspecified atom stereocenters. The minimum absolute atomic E-state index is 0.0348. The smallest absolute Gasteiger partial charge is 0.313 e. The fourth-order valence-electron chi connectivity index (χ4n) is 1.32. The Morgan fingerprint density at radius 2 is 1.88 bits per heavy atom. The monoisotopic (exact) mass is 275 g/mol. The van der Waals surface area contributed by atoms with Crippen LogP contribution in [-0.4, -0.2) is 38.7 Å². The molecule has 0 aromatic carbocycles. The van der Waals surface area contributed by atoms with Gasteiger partial charge in [-0.15, -0.1) is 0 Å². The lowest BCUT2D eigenvalue weighted by molar-refractivity contribution is -0.135. The Morgan fingerprint density at radius 1 is 1.29 bits per heavy atom. The molecule has 0 radical (unpaired) electrons. The van der Waals surface area contributed by atoms with E-state index in [-0.39, 0.29) is 24.0 Å². The lowest BCUT2D eigenvalue weighted by Crippen LogP contribution is -2.31. The molecule has 0 aliphatic rings. The van der Waals surface area contributed by atoms with Gasteiger partial charge in [0.1, 0.15) is 0 Å². The molecule has 1 N–H and O–H groups in total. The van der Waals surface area contributed by atoms with Crippen molar-refractivity contribution in [3.63, 3.8) is 0 Å². The summed E-state index contributed by atoms with van der Waals surface area (Å²) in [7, 11) is -3.00. The molecule has 0 rings (SSSR count). The maximum absolute atomic E-state index is 11.9. The third kappa shape index (κ3) is 10.6. The summed E-state index contributed by atoms with van der Waals surface area (Å²) >= 11 is 0. The molecule has 17 heavy (non-hydrogen) atoms. The number of hydrogen-bond acceptors (Lipinski definition) is 3. The van der Waals surface area contributed by atoms with Crippen molar-refractivity contribution in [2.75, 3.05) is 18.1 Å². The number of sulfone groups is 1. The molecule has 0 aromatic heterocycles. The van der Waals surface area contributed by atoms with E-state index in [1.807, 2.05) is 0 Å². The van der Waals surface area contributed by atoms with Gasteiger partial charge in [-0.3, -0.25) is 0 Å². The molecule has 0 amide bonds. The average molecular weight is 275 g/mol. The summed E-state index contributed by atoms with van der Waals surface area (Å²) < 4.78 is 57.9. The Hall–Kier alpha value is -0.300. The van der Waals surface area contributed by atoms with Gasteiger partial charge >= 0.3 is 6.18 Å². The zero-order valence-electron chi connectivity index (χ0n) is 10.2. The molecule has 0 fully saturated rings. The first kappa shape index (κ1) is 16.7. The zero-order valence-corrected chi connectivity index (χ0v) is 11.0. The topological polar surface area (TPSA) is 46.2 Å². The van der Waals surface area contributed by atoms with E-state index in [4.69, 9.17) is 0 Å². The Kier molecular flexibility index (Phi) is 7.08. The minimum atomic E-state index is -4.11. The maximum Gasteiger partial charge on any atom is 0.389 e. The van der Waals surface area contributed by atoms with Crippen LogP contribution in [0.2, 0.25) is 0 Å². The fourth-order valence-corrected chi connectivity index (χ4v) is 2.03. The predicted molar refractivity (Wildman–Crippen MR) is 61.7 cm³/mol. The van der Waals surface area contributed by atoms with Crippen LogP contribution in [0, 0.1) is 0 Å². The molecule has 0 aliphatic heterocycles. The second-order valence-electron chi connectivity index (χ2n) is 4.10. The van der Waals surface area contributed by atoms with E-state index in [0.29, 0.717) is 13.0 Å².